The third kappa shape index (κ3) is 2.65. The van der Waals surface area contributed by atoms with Gasteiger partial charge in [0.25, 0.3) is 0 Å². The number of rotatable bonds is 3. The van der Waals surface area contributed by atoms with Crippen LogP contribution in [-0.2, 0) is 11.2 Å². The Morgan fingerprint density at radius 2 is 2.19 bits per heavy atom. The predicted octanol–water partition coefficient (Wildman–Crippen LogP) is 1.56. The number of piperazine rings is 1. The van der Waals surface area contributed by atoms with Crippen LogP contribution in [0.25, 0.3) is 11.0 Å². The van der Waals surface area contributed by atoms with Crippen molar-refractivity contribution in [3.63, 3.8) is 0 Å². The fourth-order valence-corrected chi connectivity index (χ4v) is 2.97. The van der Waals surface area contributed by atoms with Crippen molar-refractivity contribution in [1.29, 1.82) is 0 Å². The van der Waals surface area contributed by atoms with Gasteiger partial charge in [0.05, 0.1) is 17.1 Å². The topological polar surface area (TPSA) is 59.0 Å². The summed E-state index contributed by atoms with van der Waals surface area (Å²) in [4.78, 5) is 16.7. The summed E-state index contributed by atoms with van der Waals surface area (Å²) in [6.45, 7) is 7.90. The SMILES string of the molecule is Cc1ccc2c(c1)nc(CC1NCCNC1=O)n2C(C)C. The number of aromatic nitrogens is 2. The summed E-state index contributed by atoms with van der Waals surface area (Å²) >= 11 is 0. The van der Waals surface area contributed by atoms with E-state index in [1.807, 2.05) is 0 Å². The summed E-state index contributed by atoms with van der Waals surface area (Å²) in [5, 5.41) is 6.18. The number of carbonyl (C=O) groups is 1. The minimum Gasteiger partial charge on any atom is -0.353 e. The average Bonchev–Trinajstić information content (AvgIpc) is 2.78. The Labute approximate surface area is 124 Å². The lowest BCUT2D eigenvalue weighted by Gasteiger charge is -2.24. The van der Waals surface area contributed by atoms with E-state index in [4.69, 9.17) is 4.98 Å². The van der Waals surface area contributed by atoms with Crippen LogP contribution in [-0.4, -0.2) is 34.6 Å². The van der Waals surface area contributed by atoms with Gasteiger partial charge in [0, 0.05) is 25.6 Å². The van der Waals surface area contributed by atoms with Crippen LogP contribution < -0.4 is 10.6 Å². The molecular weight excluding hydrogens is 264 g/mol. The molecule has 1 fully saturated rings. The van der Waals surface area contributed by atoms with E-state index in [0.29, 0.717) is 19.0 Å². The Morgan fingerprint density at radius 3 is 2.90 bits per heavy atom. The molecule has 2 aromatic rings. The molecule has 1 aromatic carbocycles. The number of amides is 1. The smallest absolute Gasteiger partial charge is 0.237 e. The summed E-state index contributed by atoms with van der Waals surface area (Å²) in [5.41, 5.74) is 3.35. The first-order chi connectivity index (χ1) is 10.1. The van der Waals surface area contributed by atoms with Gasteiger partial charge in [-0.3, -0.25) is 4.79 Å². The quantitative estimate of drug-likeness (QED) is 0.900. The maximum atomic E-state index is 11.9. The highest BCUT2D eigenvalue weighted by atomic mass is 16.2. The Morgan fingerprint density at radius 1 is 1.38 bits per heavy atom. The fourth-order valence-electron chi connectivity index (χ4n) is 2.97. The molecule has 112 valence electrons. The van der Waals surface area contributed by atoms with E-state index in [1.54, 1.807) is 0 Å². The Balaban J connectivity index is 2.00. The van der Waals surface area contributed by atoms with E-state index < -0.39 is 0 Å². The molecule has 2 N–H and O–H groups in total. The van der Waals surface area contributed by atoms with E-state index in [9.17, 15) is 4.79 Å². The molecule has 1 unspecified atom stereocenters. The van der Waals surface area contributed by atoms with Gasteiger partial charge in [-0.2, -0.15) is 0 Å². The van der Waals surface area contributed by atoms with Gasteiger partial charge in [-0.25, -0.2) is 4.98 Å². The fraction of sp³-hybridized carbons (Fsp3) is 0.500. The molecular formula is C16H22N4O. The van der Waals surface area contributed by atoms with Crippen LogP contribution >= 0.6 is 0 Å². The highest BCUT2D eigenvalue weighted by Crippen LogP contribution is 2.23. The van der Waals surface area contributed by atoms with E-state index >= 15 is 0 Å². The van der Waals surface area contributed by atoms with E-state index in [-0.39, 0.29) is 11.9 Å². The summed E-state index contributed by atoms with van der Waals surface area (Å²) in [6.07, 6.45) is 0.623. The molecule has 1 aromatic heterocycles. The molecule has 0 bridgehead atoms. The number of fused-ring (bicyclic) bond motifs is 1. The van der Waals surface area contributed by atoms with Crippen LogP contribution in [0.15, 0.2) is 18.2 Å². The first-order valence-corrected chi connectivity index (χ1v) is 7.55. The van der Waals surface area contributed by atoms with Crippen LogP contribution in [0.3, 0.4) is 0 Å². The van der Waals surface area contributed by atoms with Crippen molar-refractivity contribution in [3.05, 3.63) is 29.6 Å². The van der Waals surface area contributed by atoms with E-state index in [1.165, 1.54) is 5.56 Å². The molecule has 5 heteroatoms. The van der Waals surface area contributed by atoms with Crippen molar-refractivity contribution >= 4 is 16.9 Å². The summed E-state index contributed by atoms with van der Waals surface area (Å²) in [7, 11) is 0. The zero-order chi connectivity index (χ0) is 15.0. The summed E-state index contributed by atoms with van der Waals surface area (Å²) < 4.78 is 2.23. The van der Waals surface area contributed by atoms with Crippen molar-refractivity contribution in [2.75, 3.05) is 13.1 Å². The zero-order valence-electron chi connectivity index (χ0n) is 12.8. The largest absolute Gasteiger partial charge is 0.353 e. The van der Waals surface area contributed by atoms with Crippen molar-refractivity contribution in [3.8, 4) is 0 Å². The number of carbonyl (C=O) groups excluding carboxylic acids is 1. The number of benzene rings is 1. The van der Waals surface area contributed by atoms with Gasteiger partial charge in [0.2, 0.25) is 5.91 Å². The first kappa shape index (κ1) is 14.1. The third-order valence-electron chi connectivity index (χ3n) is 3.95. The van der Waals surface area contributed by atoms with Gasteiger partial charge in [0.1, 0.15) is 5.82 Å². The Kier molecular flexibility index (Phi) is 3.68. The molecule has 5 nitrogen and oxygen atoms in total. The van der Waals surface area contributed by atoms with Gasteiger partial charge >= 0.3 is 0 Å². The molecule has 0 radical (unpaired) electrons. The monoisotopic (exact) mass is 286 g/mol. The van der Waals surface area contributed by atoms with Gasteiger partial charge in [0.15, 0.2) is 0 Å². The van der Waals surface area contributed by atoms with Crippen molar-refractivity contribution < 1.29 is 4.79 Å². The minimum absolute atomic E-state index is 0.0693. The first-order valence-electron chi connectivity index (χ1n) is 7.55. The molecule has 21 heavy (non-hydrogen) atoms. The highest BCUT2D eigenvalue weighted by molar-refractivity contribution is 5.83. The number of hydrogen-bond acceptors (Lipinski definition) is 3. The van der Waals surface area contributed by atoms with Gasteiger partial charge < -0.3 is 15.2 Å². The molecule has 1 saturated heterocycles. The second kappa shape index (κ2) is 5.48. The Bertz CT molecular complexity index is 674. The number of aryl methyl sites for hydroxylation is 1. The summed E-state index contributed by atoms with van der Waals surface area (Å²) in [6, 6.07) is 6.47. The van der Waals surface area contributed by atoms with Crippen LogP contribution in [0.5, 0.6) is 0 Å². The molecule has 0 aliphatic carbocycles. The van der Waals surface area contributed by atoms with Gasteiger partial charge in [-0.05, 0) is 38.5 Å². The average molecular weight is 286 g/mol. The third-order valence-corrected chi connectivity index (χ3v) is 3.95. The zero-order valence-corrected chi connectivity index (χ0v) is 12.8. The predicted molar refractivity (Wildman–Crippen MR) is 83.4 cm³/mol. The maximum absolute atomic E-state index is 11.9. The van der Waals surface area contributed by atoms with Crippen LogP contribution in [0, 0.1) is 6.92 Å². The lowest BCUT2D eigenvalue weighted by Crippen LogP contribution is -2.54. The number of nitrogens with zero attached hydrogens (tertiary/aromatic N) is 2. The molecule has 3 rings (SSSR count). The normalized spacial score (nSPS) is 19.2. The number of imidazole rings is 1. The molecule has 1 amide bonds. The second-order valence-corrected chi connectivity index (χ2v) is 5.99. The van der Waals surface area contributed by atoms with Crippen molar-refractivity contribution in [2.24, 2.45) is 0 Å². The van der Waals surface area contributed by atoms with Crippen LogP contribution in [0.1, 0.15) is 31.3 Å². The van der Waals surface area contributed by atoms with Crippen molar-refractivity contribution in [2.45, 2.75) is 39.3 Å². The number of hydrogen-bond donors (Lipinski definition) is 2. The molecule has 1 aliphatic rings. The molecule has 1 atom stereocenters. The van der Waals surface area contributed by atoms with Crippen LogP contribution in [0.2, 0.25) is 0 Å². The lowest BCUT2D eigenvalue weighted by atomic mass is 10.1. The second-order valence-electron chi connectivity index (χ2n) is 5.99. The Hall–Kier alpha value is -1.88. The summed E-state index contributed by atoms with van der Waals surface area (Å²) in [5.74, 6) is 1.04. The van der Waals surface area contributed by atoms with Gasteiger partial charge in [-0.1, -0.05) is 6.07 Å². The van der Waals surface area contributed by atoms with E-state index in [2.05, 4.69) is 54.2 Å². The number of nitrogens with one attached hydrogen (secondary N) is 2. The maximum Gasteiger partial charge on any atom is 0.237 e. The van der Waals surface area contributed by atoms with E-state index in [0.717, 1.165) is 23.4 Å². The lowest BCUT2D eigenvalue weighted by molar-refractivity contribution is -0.124. The molecule has 0 spiro atoms. The molecule has 2 heterocycles. The molecule has 1 aliphatic heterocycles. The van der Waals surface area contributed by atoms with Crippen LogP contribution in [0.4, 0.5) is 0 Å². The molecule has 0 saturated carbocycles. The highest BCUT2D eigenvalue weighted by Gasteiger charge is 2.25. The van der Waals surface area contributed by atoms with Crippen molar-refractivity contribution in [1.82, 2.24) is 20.2 Å². The minimum atomic E-state index is -0.186. The van der Waals surface area contributed by atoms with Gasteiger partial charge in [-0.15, -0.1) is 0 Å². The standard InChI is InChI=1S/C16H22N4O/c1-10(2)20-14-5-4-11(3)8-12(14)19-15(20)9-13-16(21)18-7-6-17-13/h4-5,8,10,13,17H,6-7,9H2,1-3H3,(H,18,21).